The summed E-state index contributed by atoms with van der Waals surface area (Å²) in [5, 5.41) is 9.67. The molecule has 0 aliphatic rings. The lowest BCUT2D eigenvalue weighted by Crippen LogP contribution is -2.35. The number of carbonyl (C=O) groups excluding carboxylic acids is 1. The average molecular weight is 195 g/mol. The van der Waals surface area contributed by atoms with Crippen molar-refractivity contribution in [3.05, 3.63) is 12.4 Å². The lowest BCUT2D eigenvalue weighted by Gasteiger charge is -2.08. The van der Waals surface area contributed by atoms with Crippen molar-refractivity contribution in [3.63, 3.8) is 0 Å². The van der Waals surface area contributed by atoms with Crippen molar-refractivity contribution in [1.82, 2.24) is 15.2 Å². The number of nitrogens with one attached hydrogen (secondary N) is 1. The topological polar surface area (TPSA) is 93.8 Å². The van der Waals surface area contributed by atoms with Crippen molar-refractivity contribution in [2.45, 2.75) is 25.8 Å². The molecule has 1 aromatic heterocycles. The predicted octanol–water partition coefficient (Wildman–Crippen LogP) is -0.0625. The molecule has 14 heavy (non-hydrogen) atoms. The van der Waals surface area contributed by atoms with E-state index in [-0.39, 0.29) is 11.9 Å². The Bertz CT molecular complexity index is 289. The van der Waals surface area contributed by atoms with Crippen LogP contribution in [0.2, 0.25) is 0 Å². The van der Waals surface area contributed by atoms with Gasteiger partial charge in [0.1, 0.15) is 0 Å². The zero-order valence-corrected chi connectivity index (χ0v) is 7.97. The Morgan fingerprint density at radius 2 is 2.43 bits per heavy atom. The standard InChI is InChI=1S/C8H13N5O/c1-2-3-6(9)7(14)12-8-10-4-5-11-13-8/h4-6H,2-3,9H2,1H3,(H,10,12,13,14). The van der Waals surface area contributed by atoms with Gasteiger partial charge in [0.05, 0.1) is 18.4 Å². The SMILES string of the molecule is CCCC(N)C(=O)Nc1nccnn1. The van der Waals surface area contributed by atoms with E-state index in [1.165, 1.54) is 12.4 Å². The third kappa shape index (κ3) is 3.06. The van der Waals surface area contributed by atoms with Crippen molar-refractivity contribution >= 4 is 11.9 Å². The summed E-state index contributed by atoms with van der Waals surface area (Å²) in [6.45, 7) is 1.97. The van der Waals surface area contributed by atoms with Crippen LogP contribution in [0.5, 0.6) is 0 Å². The summed E-state index contributed by atoms with van der Waals surface area (Å²) < 4.78 is 0. The van der Waals surface area contributed by atoms with Crippen LogP contribution in [-0.4, -0.2) is 27.1 Å². The molecule has 0 bridgehead atoms. The molecule has 1 amide bonds. The first kappa shape index (κ1) is 10.5. The zero-order valence-electron chi connectivity index (χ0n) is 7.97. The molecule has 0 radical (unpaired) electrons. The molecule has 1 atom stereocenters. The van der Waals surface area contributed by atoms with E-state index < -0.39 is 6.04 Å². The van der Waals surface area contributed by atoms with E-state index in [0.29, 0.717) is 6.42 Å². The summed E-state index contributed by atoms with van der Waals surface area (Å²) in [5.74, 6) is -0.0936. The third-order valence-corrected chi connectivity index (χ3v) is 1.65. The molecule has 1 unspecified atom stereocenters. The molecular formula is C8H13N5O. The summed E-state index contributed by atoms with van der Waals surface area (Å²) >= 11 is 0. The molecule has 76 valence electrons. The smallest absolute Gasteiger partial charge is 0.249 e. The van der Waals surface area contributed by atoms with Crippen LogP contribution in [0.15, 0.2) is 12.4 Å². The first-order valence-corrected chi connectivity index (χ1v) is 4.44. The van der Waals surface area contributed by atoms with Gasteiger partial charge in [-0.3, -0.25) is 10.1 Å². The van der Waals surface area contributed by atoms with Crippen molar-refractivity contribution < 1.29 is 4.79 Å². The molecule has 6 heteroatoms. The summed E-state index contributed by atoms with van der Waals surface area (Å²) in [6, 6.07) is -0.510. The average Bonchev–Trinajstić information content (AvgIpc) is 2.19. The molecule has 0 aliphatic carbocycles. The summed E-state index contributed by atoms with van der Waals surface area (Å²) in [6.07, 6.45) is 4.39. The second-order valence-corrected chi connectivity index (χ2v) is 2.85. The fraction of sp³-hybridized carbons (Fsp3) is 0.500. The highest BCUT2D eigenvalue weighted by atomic mass is 16.2. The van der Waals surface area contributed by atoms with Gasteiger partial charge in [-0.05, 0) is 6.42 Å². The van der Waals surface area contributed by atoms with Gasteiger partial charge in [0.25, 0.3) is 0 Å². The zero-order chi connectivity index (χ0) is 10.4. The Morgan fingerprint density at radius 1 is 1.64 bits per heavy atom. The minimum Gasteiger partial charge on any atom is -0.320 e. The molecule has 0 aromatic carbocycles. The molecule has 0 fully saturated rings. The highest BCUT2D eigenvalue weighted by Gasteiger charge is 2.12. The Hall–Kier alpha value is -1.56. The number of hydrogen-bond acceptors (Lipinski definition) is 5. The molecule has 1 heterocycles. The van der Waals surface area contributed by atoms with E-state index in [2.05, 4.69) is 20.5 Å². The van der Waals surface area contributed by atoms with Gasteiger partial charge in [-0.25, -0.2) is 4.98 Å². The highest BCUT2D eigenvalue weighted by molar-refractivity contribution is 5.93. The van der Waals surface area contributed by atoms with E-state index in [1.807, 2.05) is 6.92 Å². The molecule has 6 nitrogen and oxygen atoms in total. The third-order valence-electron chi connectivity index (χ3n) is 1.65. The molecule has 3 N–H and O–H groups in total. The van der Waals surface area contributed by atoms with E-state index in [4.69, 9.17) is 5.73 Å². The molecule has 1 aromatic rings. The predicted molar refractivity (Wildman–Crippen MR) is 51.3 cm³/mol. The van der Waals surface area contributed by atoms with Gasteiger partial charge in [0.15, 0.2) is 0 Å². The van der Waals surface area contributed by atoms with Gasteiger partial charge in [-0.2, -0.15) is 5.10 Å². The van der Waals surface area contributed by atoms with E-state index in [0.717, 1.165) is 6.42 Å². The number of amides is 1. The summed E-state index contributed by atoms with van der Waals surface area (Å²) in [5.41, 5.74) is 5.59. The fourth-order valence-electron chi connectivity index (χ4n) is 0.950. The number of aromatic nitrogens is 3. The Labute approximate surface area is 81.9 Å². The fourth-order valence-corrected chi connectivity index (χ4v) is 0.950. The Balaban J connectivity index is 2.49. The van der Waals surface area contributed by atoms with Crippen molar-refractivity contribution in [3.8, 4) is 0 Å². The van der Waals surface area contributed by atoms with E-state index in [1.54, 1.807) is 0 Å². The van der Waals surface area contributed by atoms with Crippen LogP contribution < -0.4 is 11.1 Å². The van der Waals surface area contributed by atoms with Crippen LogP contribution in [-0.2, 0) is 4.79 Å². The second kappa shape index (κ2) is 5.23. The molecule has 0 saturated carbocycles. The van der Waals surface area contributed by atoms with Gasteiger partial charge >= 0.3 is 0 Å². The van der Waals surface area contributed by atoms with Crippen LogP contribution in [0.1, 0.15) is 19.8 Å². The maximum atomic E-state index is 11.4. The highest BCUT2D eigenvalue weighted by Crippen LogP contribution is 1.98. The van der Waals surface area contributed by atoms with Crippen molar-refractivity contribution in [2.75, 3.05) is 5.32 Å². The van der Waals surface area contributed by atoms with Crippen LogP contribution in [0, 0.1) is 0 Å². The van der Waals surface area contributed by atoms with Crippen LogP contribution >= 0.6 is 0 Å². The van der Waals surface area contributed by atoms with Gasteiger partial charge in [-0.1, -0.05) is 13.3 Å². The minimum atomic E-state index is -0.510. The Kier molecular flexibility index (Phi) is 3.93. The first-order chi connectivity index (χ1) is 6.74. The van der Waals surface area contributed by atoms with Gasteiger partial charge in [0, 0.05) is 0 Å². The lowest BCUT2D eigenvalue weighted by atomic mass is 10.2. The number of hydrogen-bond donors (Lipinski definition) is 2. The first-order valence-electron chi connectivity index (χ1n) is 4.44. The van der Waals surface area contributed by atoms with Gasteiger partial charge in [-0.15, -0.1) is 5.10 Å². The van der Waals surface area contributed by atoms with E-state index >= 15 is 0 Å². The summed E-state index contributed by atoms with van der Waals surface area (Å²) in [7, 11) is 0. The van der Waals surface area contributed by atoms with Gasteiger partial charge < -0.3 is 5.73 Å². The van der Waals surface area contributed by atoms with E-state index in [9.17, 15) is 4.79 Å². The normalized spacial score (nSPS) is 12.1. The van der Waals surface area contributed by atoms with Crippen molar-refractivity contribution in [1.29, 1.82) is 0 Å². The van der Waals surface area contributed by atoms with Crippen LogP contribution in [0.3, 0.4) is 0 Å². The Morgan fingerprint density at radius 3 is 3.00 bits per heavy atom. The lowest BCUT2D eigenvalue weighted by molar-refractivity contribution is -0.117. The number of anilines is 1. The van der Waals surface area contributed by atoms with Crippen LogP contribution in [0.25, 0.3) is 0 Å². The number of nitrogens with zero attached hydrogens (tertiary/aromatic N) is 3. The minimum absolute atomic E-state index is 0.184. The van der Waals surface area contributed by atoms with Crippen LogP contribution in [0.4, 0.5) is 5.95 Å². The molecule has 0 aliphatic heterocycles. The molecule has 1 rings (SSSR count). The summed E-state index contributed by atoms with van der Waals surface area (Å²) in [4.78, 5) is 15.2. The molecule has 0 spiro atoms. The van der Waals surface area contributed by atoms with Gasteiger partial charge in [0.2, 0.25) is 11.9 Å². The molecular weight excluding hydrogens is 182 g/mol. The number of rotatable bonds is 4. The largest absolute Gasteiger partial charge is 0.320 e. The number of nitrogens with two attached hydrogens (primary N) is 1. The molecule has 0 saturated heterocycles. The van der Waals surface area contributed by atoms with Crippen molar-refractivity contribution in [2.24, 2.45) is 5.73 Å². The monoisotopic (exact) mass is 195 g/mol. The second-order valence-electron chi connectivity index (χ2n) is 2.85. The quantitative estimate of drug-likeness (QED) is 0.701. The maximum Gasteiger partial charge on any atom is 0.249 e. The maximum absolute atomic E-state index is 11.4. The number of carbonyl (C=O) groups is 1.